The molecule has 7 nitrogen and oxygen atoms in total. The highest BCUT2D eigenvalue weighted by molar-refractivity contribution is 8.00. The highest BCUT2D eigenvalue weighted by Crippen LogP contribution is 2.26. The molecule has 0 saturated heterocycles. The van der Waals surface area contributed by atoms with Gasteiger partial charge in [-0.15, -0.1) is 10.2 Å². The van der Waals surface area contributed by atoms with E-state index >= 15 is 0 Å². The lowest BCUT2D eigenvalue weighted by atomic mass is 10.2. The molecule has 1 atom stereocenters. The average molecular weight is 409 g/mol. The second-order valence-electron chi connectivity index (χ2n) is 5.29. The van der Waals surface area contributed by atoms with Gasteiger partial charge in [-0.3, -0.25) is 4.79 Å². The topological polar surface area (TPSA) is 98.7 Å². The van der Waals surface area contributed by atoms with E-state index in [0.717, 1.165) is 5.56 Å². The summed E-state index contributed by atoms with van der Waals surface area (Å²) in [5.41, 5.74) is 0.777. The quantitative estimate of drug-likeness (QED) is 0.495. The Labute approximate surface area is 163 Å². The van der Waals surface area contributed by atoms with E-state index in [1.807, 2.05) is 0 Å². The number of thioether (sulfide) groups is 1. The normalized spacial score (nSPS) is 12.0. The van der Waals surface area contributed by atoms with Crippen LogP contribution in [0.15, 0.2) is 47.8 Å². The largest absolute Gasteiger partial charge is 0.335 e. The molecule has 26 heavy (non-hydrogen) atoms. The summed E-state index contributed by atoms with van der Waals surface area (Å²) in [6.07, 6.45) is 1.46. The number of carbonyl (C=O) groups is 1. The van der Waals surface area contributed by atoms with Gasteiger partial charge in [0.1, 0.15) is 5.82 Å². The number of amides is 1. The molecule has 1 amide bonds. The van der Waals surface area contributed by atoms with Gasteiger partial charge in [-0.2, -0.15) is 0 Å². The molecule has 0 radical (unpaired) electrons. The van der Waals surface area contributed by atoms with Crippen LogP contribution in [-0.4, -0.2) is 31.0 Å². The third-order valence-corrected chi connectivity index (χ3v) is 4.93. The molecule has 2 aromatic heterocycles. The predicted octanol–water partition coefficient (Wildman–Crippen LogP) is 3.48. The summed E-state index contributed by atoms with van der Waals surface area (Å²) in [5.74, 6) is 6.74. The first-order valence-corrected chi connectivity index (χ1v) is 9.13. The molecule has 0 fully saturated rings. The first kappa shape index (κ1) is 18.5. The molecule has 1 unspecified atom stereocenters. The fraction of sp³-hybridized carbons (Fsp3) is 0.125. The molecule has 0 saturated carbocycles. The van der Waals surface area contributed by atoms with Crippen LogP contribution >= 0.6 is 35.0 Å². The number of nitrogen functional groups attached to an aromatic ring is 1. The first-order valence-electron chi connectivity index (χ1n) is 7.49. The van der Waals surface area contributed by atoms with Crippen LogP contribution in [0.25, 0.3) is 11.4 Å². The van der Waals surface area contributed by atoms with Crippen LogP contribution < -0.4 is 11.2 Å². The summed E-state index contributed by atoms with van der Waals surface area (Å²) in [7, 11) is 0. The van der Waals surface area contributed by atoms with Gasteiger partial charge in [-0.25, -0.2) is 9.66 Å². The zero-order chi connectivity index (χ0) is 18.7. The number of benzene rings is 1. The van der Waals surface area contributed by atoms with Crippen LogP contribution in [-0.2, 0) is 4.79 Å². The van der Waals surface area contributed by atoms with E-state index in [2.05, 4.69) is 20.5 Å². The minimum atomic E-state index is -0.461. The molecule has 3 aromatic rings. The van der Waals surface area contributed by atoms with Crippen molar-refractivity contribution in [2.45, 2.75) is 17.3 Å². The third-order valence-electron chi connectivity index (χ3n) is 3.40. The Morgan fingerprint density at radius 1 is 1.15 bits per heavy atom. The van der Waals surface area contributed by atoms with Gasteiger partial charge in [0.15, 0.2) is 5.82 Å². The van der Waals surface area contributed by atoms with Crippen molar-refractivity contribution in [3.05, 3.63) is 52.6 Å². The van der Waals surface area contributed by atoms with E-state index in [9.17, 15) is 4.79 Å². The van der Waals surface area contributed by atoms with Crippen LogP contribution in [0.3, 0.4) is 0 Å². The number of nitrogens with zero attached hydrogens (tertiary/aromatic N) is 4. The molecule has 1 aromatic carbocycles. The Kier molecular flexibility index (Phi) is 5.65. The maximum absolute atomic E-state index is 12.3. The lowest BCUT2D eigenvalue weighted by Crippen LogP contribution is -2.24. The lowest BCUT2D eigenvalue weighted by Gasteiger charge is -2.11. The highest BCUT2D eigenvalue weighted by atomic mass is 35.5. The maximum Gasteiger partial charge on any atom is 0.238 e. The number of nitrogens with two attached hydrogens (primary N) is 1. The van der Waals surface area contributed by atoms with Crippen molar-refractivity contribution in [1.82, 2.24) is 19.9 Å². The smallest absolute Gasteiger partial charge is 0.238 e. The van der Waals surface area contributed by atoms with E-state index in [0.29, 0.717) is 26.8 Å². The minimum absolute atomic E-state index is 0.235. The summed E-state index contributed by atoms with van der Waals surface area (Å²) in [4.78, 5) is 16.3. The van der Waals surface area contributed by atoms with Gasteiger partial charge in [-0.05, 0) is 43.3 Å². The van der Waals surface area contributed by atoms with Crippen LogP contribution in [0.1, 0.15) is 6.92 Å². The summed E-state index contributed by atoms with van der Waals surface area (Å²) >= 11 is 12.9. The van der Waals surface area contributed by atoms with Crippen molar-refractivity contribution in [1.29, 1.82) is 0 Å². The highest BCUT2D eigenvalue weighted by Gasteiger charge is 2.20. The van der Waals surface area contributed by atoms with E-state index < -0.39 is 5.25 Å². The fourth-order valence-electron chi connectivity index (χ4n) is 2.04. The van der Waals surface area contributed by atoms with Gasteiger partial charge < -0.3 is 11.2 Å². The Morgan fingerprint density at radius 2 is 1.85 bits per heavy atom. The summed E-state index contributed by atoms with van der Waals surface area (Å²) < 4.78 is 1.35. The van der Waals surface area contributed by atoms with Gasteiger partial charge >= 0.3 is 0 Å². The lowest BCUT2D eigenvalue weighted by molar-refractivity contribution is -0.115. The second-order valence-corrected chi connectivity index (χ2v) is 7.47. The monoisotopic (exact) mass is 408 g/mol. The molecular formula is C16H14Cl2N6OS. The van der Waals surface area contributed by atoms with E-state index in [1.54, 1.807) is 43.3 Å². The summed E-state index contributed by atoms with van der Waals surface area (Å²) in [6, 6.07) is 10.4. The average Bonchev–Trinajstić information content (AvgIpc) is 2.98. The number of halogens is 2. The number of pyridine rings is 1. The Hall–Kier alpha value is -2.29. The molecule has 3 N–H and O–H groups in total. The number of anilines is 1. The summed E-state index contributed by atoms with van der Waals surface area (Å²) in [5, 5.41) is 11.9. The van der Waals surface area contributed by atoms with Crippen LogP contribution in [0.2, 0.25) is 10.0 Å². The molecule has 2 heterocycles. The van der Waals surface area contributed by atoms with Gasteiger partial charge in [0.05, 0.1) is 10.3 Å². The SMILES string of the molecule is CC(Sc1nnc(-c2ccc(Cl)cc2)n1N)C(=O)Nc1ccc(Cl)cn1. The number of hydrogen-bond donors (Lipinski definition) is 2. The molecule has 134 valence electrons. The third kappa shape index (κ3) is 4.27. The molecule has 3 rings (SSSR count). The van der Waals surface area contributed by atoms with Gasteiger partial charge in [0, 0.05) is 16.8 Å². The number of rotatable bonds is 5. The Morgan fingerprint density at radius 3 is 2.50 bits per heavy atom. The number of hydrogen-bond acceptors (Lipinski definition) is 6. The number of carbonyl (C=O) groups excluding carboxylic acids is 1. The molecule has 0 aliphatic heterocycles. The molecular weight excluding hydrogens is 395 g/mol. The molecule has 0 bridgehead atoms. The van der Waals surface area contributed by atoms with Gasteiger partial charge in [0.2, 0.25) is 11.1 Å². The van der Waals surface area contributed by atoms with Crippen LogP contribution in [0, 0.1) is 0 Å². The van der Waals surface area contributed by atoms with Crippen molar-refractivity contribution in [3.63, 3.8) is 0 Å². The Balaban J connectivity index is 1.69. The van der Waals surface area contributed by atoms with Gasteiger partial charge in [-0.1, -0.05) is 35.0 Å². The van der Waals surface area contributed by atoms with Crippen molar-refractivity contribution >= 4 is 46.7 Å². The predicted molar refractivity (Wildman–Crippen MR) is 104 cm³/mol. The molecule has 0 aliphatic carbocycles. The maximum atomic E-state index is 12.3. The minimum Gasteiger partial charge on any atom is -0.335 e. The van der Waals surface area contributed by atoms with Gasteiger partial charge in [0.25, 0.3) is 0 Å². The zero-order valence-electron chi connectivity index (χ0n) is 13.6. The number of nitrogens with one attached hydrogen (secondary N) is 1. The summed E-state index contributed by atoms with van der Waals surface area (Å²) in [6.45, 7) is 1.74. The van der Waals surface area contributed by atoms with Crippen molar-refractivity contribution in [2.75, 3.05) is 11.2 Å². The first-order chi connectivity index (χ1) is 12.4. The molecule has 0 spiro atoms. The Bertz CT molecular complexity index is 913. The standard InChI is InChI=1S/C16H14Cl2N6OS/c1-9(15(25)21-13-7-6-12(18)8-20-13)26-16-23-22-14(24(16)19)10-2-4-11(17)5-3-10/h2-9H,19H2,1H3,(H,20,21,25). The fourth-order valence-corrected chi connectivity index (χ4v) is 3.05. The van der Waals surface area contributed by atoms with Crippen LogP contribution in [0.4, 0.5) is 5.82 Å². The number of aromatic nitrogens is 4. The van der Waals surface area contributed by atoms with E-state index in [-0.39, 0.29) is 5.91 Å². The zero-order valence-corrected chi connectivity index (χ0v) is 15.9. The second kappa shape index (κ2) is 7.94. The van der Waals surface area contributed by atoms with Crippen molar-refractivity contribution < 1.29 is 4.79 Å². The van der Waals surface area contributed by atoms with Crippen molar-refractivity contribution in [2.24, 2.45) is 0 Å². The van der Waals surface area contributed by atoms with E-state index in [4.69, 9.17) is 29.0 Å². The van der Waals surface area contributed by atoms with E-state index in [1.165, 1.54) is 22.6 Å². The van der Waals surface area contributed by atoms with Crippen molar-refractivity contribution in [3.8, 4) is 11.4 Å². The molecule has 0 aliphatic rings. The van der Waals surface area contributed by atoms with Crippen LogP contribution in [0.5, 0.6) is 0 Å². The molecule has 10 heteroatoms.